The van der Waals surface area contributed by atoms with Gasteiger partial charge in [-0.25, -0.2) is 0 Å². The van der Waals surface area contributed by atoms with Gasteiger partial charge in [-0.3, -0.25) is 14.6 Å². The molecule has 1 aromatic heterocycles. The van der Waals surface area contributed by atoms with Crippen LogP contribution >= 0.6 is 0 Å². The number of benzene rings is 2. The van der Waals surface area contributed by atoms with Gasteiger partial charge in [0.1, 0.15) is 17.2 Å². The molecular formula is C25H25N3O5. The number of fused-ring (bicyclic) bond motifs is 1. The van der Waals surface area contributed by atoms with Crippen molar-refractivity contribution in [3.05, 3.63) is 77.1 Å². The predicted molar refractivity (Wildman–Crippen MR) is 122 cm³/mol. The average molecular weight is 447 g/mol. The Morgan fingerprint density at radius 1 is 1.03 bits per heavy atom. The number of phenolic OH excluding ortho intramolecular Hbond substituents is 1. The van der Waals surface area contributed by atoms with Crippen LogP contribution in [0.1, 0.15) is 38.4 Å². The fourth-order valence-corrected chi connectivity index (χ4v) is 3.87. The quantitative estimate of drug-likeness (QED) is 0.535. The number of carbonyl (C=O) groups excluding carboxylic acids is 2. The van der Waals surface area contributed by atoms with E-state index in [0.717, 1.165) is 18.4 Å². The minimum atomic E-state index is -0.282. The van der Waals surface area contributed by atoms with E-state index in [1.54, 1.807) is 25.2 Å². The van der Waals surface area contributed by atoms with Crippen LogP contribution in [0.4, 0.5) is 0 Å². The maximum absolute atomic E-state index is 12.7. The number of phenols is 1. The van der Waals surface area contributed by atoms with Gasteiger partial charge in [0.15, 0.2) is 11.5 Å². The molecule has 4 rings (SSSR count). The fourth-order valence-electron chi connectivity index (χ4n) is 3.87. The maximum Gasteiger partial charge on any atom is 0.269 e. The normalized spacial score (nSPS) is 14.7. The zero-order chi connectivity index (χ0) is 23.4. The molecule has 0 spiro atoms. The van der Waals surface area contributed by atoms with Crippen molar-refractivity contribution in [2.24, 2.45) is 0 Å². The van der Waals surface area contributed by atoms with Gasteiger partial charge in [0.05, 0.1) is 7.11 Å². The number of carbonyl (C=O) groups is 2. The summed E-state index contributed by atoms with van der Waals surface area (Å²) >= 11 is 0. The van der Waals surface area contributed by atoms with Crippen LogP contribution in [0.25, 0.3) is 0 Å². The smallest absolute Gasteiger partial charge is 0.269 e. The zero-order valence-corrected chi connectivity index (χ0v) is 18.4. The number of methoxy groups -OCH3 is 1. The number of hydrogen-bond acceptors (Lipinski definition) is 6. The third kappa shape index (κ3) is 5.06. The molecule has 1 atom stereocenters. The van der Waals surface area contributed by atoms with E-state index < -0.39 is 0 Å². The van der Waals surface area contributed by atoms with E-state index in [9.17, 15) is 14.7 Å². The lowest BCUT2D eigenvalue weighted by molar-refractivity contribution is 0.0931. The third-order valence-corrected chi connectivity index (χ3v) is 5.61. The molecule has 1 unspecified atom stereocenters. The van der Waals surface area contributed by atoms with Crippen LogP contribution in [0.5, 0.6) is 23.0 Å². The van der Waals surface area contributed by atoms with Gasteiger partial charge in [0.2, 0.25) is 0 Å². The Kier molecular flexibility index (Phi) is 6.44. The molecule has 0 aliphatic heterocycles. The molecule has 3 N–H and O–H groups in total. The van der Waals surface area contributed by atoms with E-state index in [2.05, 4.69) is 15.6 Å². The Bertz CT molecular complexity index is 1190. The van der Waals surface area contributed by atoms with Crippen LogP contribution in [-0.4, -0.2) is 42.1 Å². The van der Waals surface area contributed by atoms with Crippen LogP contribution in [-0.2, 0) is 12.8 Å². The highest BCUT2D eigenvalue weighted by molar-refractivity contribution is 5.95. The van der Waals surface area contributed by atoms with E-state index in [-0.39, 0.29) is 35.0 Å². The minimum Gasteiger partial charge on any atom is -0.504 e. The lowest BCUT2D eigenvalue weighted by Gasteiger charge is -2.26. The Morgan fingerprint density at radius 2 is 1.85 bits per heavy atom. The van der Waals surface area contributed by atoms with Gasteiger partial charge in [-0.05, 0) is 66.8 Å². The van der Waals surface area contributed by atoms with Crippen LogP contribution in [0, 0.1) is 0 Å². The summed E-state index contributed by atoms with van der Waals surface area (Å²) in [6, 6.07) is 13.7. The SMILES string of the molecule is CNC(=O)c1cc(Oc2ccc3c(c2)CC(NC(=O)c2ccc(O)c(OC)c2)CC3)ccn1. The molecule has 33 heavy (non-hydrogen) atoms. The standard InChI is InChI=1S/C25H25N3O5/c1-26-25(31)21-14-20(9-10-27-21)33-19-7-4-15-3-6-18(11-17(15)12-19)28-24(30)16-5-8-22(29)23(13-16)32-2/h4-5,7-10,12-14,18,29H,3,6,11H2,1-2H3,(H,26,31)(H,28,30). The topological polar surface area (TPSA) is 110 Å². The lowest BCUT2D eigenvalue weighted by atomic mass is 9.88. The zero-order valence-electron chi connectivity index (χ0n) is 18.4. The van der Waals surface area contributed by atoms with Crippen LogP contribution in [0.3, 0.4) is 0 Å². The highest BCUT2D eigenvalue weighted by atomic mass is 16.5. The number of amides is 2. The molecule has 0 fully saturated rings. The summed E-state index contributed by atoms with van der Waals surface area (Å²) in [4.78, 5) is 28.6. The van der Waals surface area contributed by atoms with Crippen LogP contribution in [0.2, 0.25) is 0 Å². The third-order valence-electron chi connectivity index (χ3n) is 5.61. The molecule has 8 heteroatoms. The molecule has 1 aliphatic rings. The Balaban J connectivity index is 1.45. The predicted octanol–water partition coefficient (Wildman–Crippen LogP) is 3.24. The van der Waals surface area contributed by atoms with Gasteiger partial charge in [-0.1, -0.05) is 6.07 Å². The first-order chi connectivity index (χ1) is 16.0. The molecule has 2 aromatic carbocycles. The van der Waals surface area contributed by atoms with Gasteiger partial charge in [0.25, 0.3) is 11.8 Å². The number of aromatic hydroxyl groups is 1. The summed E-state index contributed by atoms with van der Waals surface area (Å²) in [5.74, 6) is 0.922. The Morgan fingerprint density at radius 3 is 2.64 bits per heavy atom. The van der Waals surface area contributed by atoms with Crippen molar-refractivity contribution < 1.29 is 24.2 Å². The number of nitrogens with one attached hydrogen (secondary N) is 2. The number of aromatic nitrogens is 1. The van der Waals surface area contributed by atoms with Gasteiger partial charge >= 0.3 is 0 Å². The number of pyridine rings is 1. The Hall–Kier alpha value is -4.07. The van der Waals surface area contributed by atoms with Crippen molar-refractivity contribution in [2.75, 3.05) is 14.2 Å². The second kappa shape index (κ2) is 9.60. The minimum absolute atomic E-state index is 0.00943. The first-order valence-electron chi connectivity index (χ1n) is 10.6. The molecule has 0 saturated heterocycles. The molecule has 1 aliphatic carbocycles. The molecule has 0 saturated carbocycles. The maximum atomic E-state index is 12.7. The van der Waals surface area contributed by atoms with Gasteiger partial charge in [-0.2, -0.15) is 0 Å². The fraction of sp³-hybridized carbons (Fsp3) is 0.240. The second-order valence-corrected chi connectivity index (χ2v) is 7.79. The average Bonchev–Trinajstić information content (AvgIpc) is 2.83. The molecule has 170 valence electrons. The second-order valence-electron chi connectivity index (χ2n) is 7.79. The highest BCUT2D eigenvalue weighted by Crippen LogP contribution is 2.30. The van der Waals surface area contributed by atoms with Crippen molar-refractivity contribution in [2.45, 2.75) is 25.3 Å². The van der Waals surface area contributed by atoms with E-state index in [0.29, 0.717) is 23.5 Å². The molecular weight excluding hydrogens is 422 g/mol. The van der Waals surface area contributed by atoms with Crippen LogP contribution in [0.15, 0.2) is 54.7 Å². The number of nitrogens with zero attached hydrogens (tertiary/aromatic N) is 1. The van der Waals surface area contributed by atoms with E-state index in [1.165, 1.54) is 31.0 Å². The summed E-state index contributed by atoms with van der Waals surface area (Å²) in [5.41, 5.74) is 3.03. The first-order valence-corrected chi connectivity index (χ1v) is 10.6. The number of rotatable bonds is 6. The summed E-state index contributed by atoms with van der Waals surface area (Å²) in [6.07, 6.45) is 3.87. The van der Waals surface area contributed by atoms with Crippen molar-refractivity contribution in [1.29, 1.82) is 0 Å². The summed E-state index contributed by atoms with van der Waals surface area (Å²) in [6.45, 7) is 0. The van der Waals surface area contributed by atoms with Crippen molar-refractivity contribution >= 4 is 11.8 Å². The van der Waals surface area contributed by atoms with Gasteiger partial charge < -0.3 is 25.2 Å². The van der Waals surface area contributed by atoms with Crippen LogP contribution < -0.4 is 20.1 Å². The van der Waals surface area contributed by atoms with Crippen molar-refractivity contribution in [3.63, 3.8) is 0 Å². The van der Waals surface area contributed by atoms with Crippen molar-refractivity contribution in [1.82, 2.24) is 15.6 Å². The summed E-state index contributed by atoms with van der Waals surface area (Å²) in [5, 5.41) is 15.4. The summed E-state index contributed by atoms with van der Waals surface area (Å²) in [7, 11) is 2.99. The monoisotopic (exact) mass is 447 g/mol. The van der Waals surface area contributed by atoms with Gasteiger partial charge in [-0.15, -0.1) is 0 Å². The van der Waals surface area contributed by atoms with Crippen molar-refractivity contribution in [3.8, 4) is 23.0 Å². The summed E-state index contributed by atoms with van der Waals surface area (Å²) < 4.78 is 11.0. The lowest BCUT2D eigenvalue weighted by Crippen LogP contribution is -2.38. The van der Waals surface area contributed by atoms with Gasteiger partial charge in [0, 0.05) is 30.9 Å². The van der Waals surface area contributed by atoms with E-state index in [1.807, 2.05) is 18.2 Å². The number of hydrogen-bond donors (Lipinski definition) is 3. The molecule has 3 aromatic rings. The molecule has 8 nitrogen and oxygen atoms in total. The molecule has 1 heterocycles. The van der Waals surface area contributed by atoms with E-state index >= 15 is 0 Å². The number of ether oxygens (including phenoxy) is 2. The highest BCUT2D eigenvalue weighted by Gasteiger charge is 2.22. The molecule has 2 amide bonds. The molecule has 0 bridgehead atoms. The first kappa shape index (κ1) is 22.1. The number of aryl methyl sites for hydroxylation is 1. The Labute approximate surface area is 191 Å². The largest absolute Gasteiger partial charge is 0.504 e. The molecule has 0 radical (unpaired) electrons. The van der Waals surface area contributed by atoms with E-state index in [4.69, 9.17) is 9.47 Å².